The average Bonchev–Trinajstić information content (AvgIpc) is 3.17. The van der Waals surface area contributed by atoms with Crippen molar-refractivity contribution in [2.45, 2.75) is 19.4 Å². The van der Waals surface area contributed by atoms with Crippen LogP contribution in [0.5, 0.6) is 0 Å². The number of rotatable bonds is 3. The number of hydrogen-bond acceptors (Lipinski definition) is 3. The summed E-state index contributed by atoms with van der Waals surface area (Å²) in [4.78, 5) is 26.3. The van der Waals surface area contributed by atoms with Gasteiger partial charge in [0, 0.05) is 6.54 Å². The lowest BCUT2D eigenvalue weighted by atomic mass is 9.96. The molecule has 2 aliphatic rings. The molecule has 1 N–H and O–H groups in total. The summed E-state index contributed by atoms with van der Waals surface area (Å²) in [5, 5.41) is 2.37. The van der Waals surface area contributed by atoms with Crippen LogP contribution in [0.4, 0.5) is 0 Å². The van der Waals surface area contributed by atoms with Crippen molar-refractivity contribution in [3.8, 4) is 11.1 Å². The van der Waals surface area contributed by atoms with Gasteiger partial charge in [0.1, 0.15) is 0 Å². The summed E-state index contributed by atoms with van der Waals surface area (Å²) in [7, 11) is 0. The molecule has 0 aliphatic carbocycles. The van der Waals surface area contributed by atoms with Crippen molar-refractivity contribution in [3.05, 3.63) is 59.2 Å². The fourth-order valence-corrected chi connectivity index (χ4v) is 3.45. The van der Waals surface area contributed by atoms with E-state index in [1.165, 1.54) is 31.5 Å². The molecule has 2 aromatic carbocycles. The molecule has 2 amide bonds. The van der Waals surface area contributed by atoms with Crippen LogP contribution in [0, 0.1) is 0 Å². The minimum Gasteiger partial charge on any atom is -0.299 e. The molecule has 4 heteroatoms. The van der Waals surface area contributed by atoms with E-state index in [-0.39, 0.29) is 11.8 Å². The number of nitrogens with zero attached hydrogens (tertiary/aromatic N) is 1. The Morgan fingerprint density at radius 1 is 0.870 bits per heavy atom. The van der Waals surface area contributed by atoms with Crippen LogP contribution >= 0.6 is 0 Å². The summed E-state index contributed by atoms with van der Waals surface area (Å²) in [5.74, 6) is -0.612. The topological polar surface area (TPSA) is 49.4 Å². The summed E-state index contributed by atoms with van der Waals surface area (Å²) >= 11 is 0. The molecule has 2 heterocycles. The molecular formula is C19H18N2O2. The maximum Gasteiger partial charge on any atom is 0.259 e. The van der Waals surface area contributed by atoms with Gasteiger partial charge >= 0.3 is 0 Å². The minimum atomic E-state index is -0.308. The number of nitrogens with one attached hydrogen (secondary N) is 1. The number of hydrogen-bond donors (Lipinski definition) is 1. The molecule has 4 nitrogen and oxygen atoms in total. The number of fused-ring (bicyclic) bond motifs is 1. The zero-order valence-electron chi connectivity index (χ0n) is 12.8. The van der Waals surface area contributed by atoms with Crippen LogP contribution in [0.25, 0.3) is 11.1 Å². The van der Waals surface area contributed by atoms with Gasteiger partial charge in [-0.2, -0.15) is 0 Å². The smallest absolute Gasteiger partial charge is 0.259 e. The standard InChI is InChI=1S/C19H18N2O2/c22-18-16-5-3-4-15(17(16)19(23)20-18)14-8-6-13(7-9-14)12-21-10-1-2-11-21/h3-9H,1-2,10-12H2,(H,20,22,23). The number of imide groups is 1. The van der Waals surface area contributed by atoms with Crippen molar-refractivity contribution >= 4 is 11.8 Å². The highest BCUT2D eigenvalue weighted by Gasteiger charge is 2.29. The molecule has 116 valence electrons. The molecule has 0 spiro atoms. The lowest BCUT2D eigenvalue weighted by Crippen LogP contribution is -2.20. The van der Waals surface area contributed by atoms with E-state index < -0.39 is 0 Å². The SMILES string of the molecule is O=C1NC(=O)c2c1cccc2-c1ccc(CN2CCCC2)cc1. The van der Waals surface area contributed by atoms with Crippen LogP contribution in [0.1, 0.15) is 39.1 Å². The first-order chi connectivity index (χ1) is 11.2. The van der Waals surface area contributed by atoms with Gasteiger partial charge in [0.15, 0.2) is 0 Å². The van der Waals surface area contributed by atoms with E-state index in [9.17, 15) is 9.59 Å². The Morgan fingerprint density at radius 2 is 1.57 bits per heavy atom. The van der Waals surface area contributed by atoms with Crippen molar-refractivity contribution in [2.24, 2.45) is 0 Å². The first-order valence-corrected chi connectivity index (χ1v) is 8.03. The minimum absolute atomic E-state index is 0.304. The van der Waals surface area contributed by atoms with Crippen molar-refractivity contribution in [1.82, 2.24) is 10.2 Å². The molecule has 0 saturated carbocycles. The molecule has 2 aliphatic heterocycles. The number of likely N-dealkylation sites (tertiary alicyclic amines) is 1. The maximum absolute atomic E-state index is 12.0. The monoisotopic (exact) mass is 306 g/mol. The molecule has 23 heavy (non-hydrogen) atoms. The summed E-state index contributed by atoms with van der Waals surface area (Å²) in [6.45, 7) is 3.33. The third-order valence-corrected chi connectivity index (χ3v) is 4.63. The molecule has 0 radical (unpaired) electrons. The van der Waals surface area contributed by atoms with E-state index in [4.69, 9.17) is 0 Å². The third-order valence-electron chi connectivity index (χ3n) is 4.63. The molecule has 0 aromatic heterocycles. The van der Waals surface area contributed by atoms with Gasteiger partial charge in [-0.15, -0.1) is 0 Å². The van der Waals surface area contributed by atoms with Crippen LogP contribution in [-0.4, -0.2) is 29.8 Å². The second kappa shape index (κ2) is 5.63. The van der Waals surface area contributed by atoms with Crippen molar-refractivity contribution in [3.63, 3.8) is 0 Å². The Hall–Kier alpha value is -2.46. The number of carbonyl (C=O) groups is 2. The van der Waals surface area contributed by atoms with Crippen LogP contribution in [0.15, 0.2) is 42.5 Å². The highest BCUT2D eigenvalue weighted by Crippen LogP contribution is 2.29. The van der Waals surface area contributed by atoms with Gasteiger partial charge in [-0.3, -0.25) is 19.8 Å². The Bertz CT molecular complexity index is 774. The zero-order valence-corrected chi connectivity index (χ0v) is 12.8. The molecule has 0 atom stereocenters. The van der Waals surface area contributed by atoms with Crippen LogP contribution in [0.3, 0.4) is 0 Å². The van der Waals surface area contributed by atoms with E-state index in [1.807, 2.05) is 24.3 Å². The van der Waals surface area contributed by atoms with Gasteiger partial charge < -0.3 is 0 Å². The number of carbonyl (C=O) groups excluding carboxylic acids is 2. The largest absolute Gasteiger partial charge is 0.299 e. The van der Waals surface area contributed by atoms with Gasteiger partial charge in [0.25, 0.3) is 11.8 Å². The van der Waals surface area contributed by atoms with E-state index in [1.54, 1.807) is 6.07 Å². The van der Waals surface area contributed by atoms with Crippen LogP contribution < -0.4 is 5.32 Å². The maximum atomic E-state index is 12.0. The molecular weight excluding hydrogens is 288 g/mol. The van der Waals surface area contributed by atoms with Gasteiger partial charge in [-0.25, -0.2) is 0 Å². The summed E-state index contributed by atoms with van der Waals surface area (Å²) in [6.07, 6.45) is 2.58. The second-order valence-electron chi connectivity index (χ2n) is 6.19. The van der Waals surface area contributed by atoms with Gasteiger partial charge in [0.2, 0.25) is 0 Å². The quantitative estimate of drug-likeness (QED) is 0.887. The van der Waals surface area contributed by atoms with E-state index in [0.717, 1.165) is 17.7 Å². The summed E-state index contributed by atoms with van der Waals surface area (Å²) in [6, 6.07) is 13.7. The van der Waals surface area contributed by atoms with Crippen molar-refractivity contribution < 1.29 is 9.59 Å². The van der Waals surface area contributed by atoms with E-state index in [0.29, 0.717) is 11.1 Å². The third kappa shape index (κ3) is 2.55. The second-order valence-corrected chi connectivity index (χ2v) is 6.19. The Kier molecular flexibility index (Phi) is 3.46. The highest BCUT2D eigenvalue weighted by molar-refractivity contribution is 6.24. The van der Waals surface area contributed by atoms with Crippen LogP contribution in [0.2, 0.25) is 0 Å². The molecule has 1 saturated heterocycles. The molecule has 4 rings (SSSR count). The summed E-state index contributed by atoms with van der Waals surface area (Å²) < 4.78 is 0. The predicted molar refractivity (Wildman–Crippen MR) is 88.2 cm³/mol. The van der Waals surface area contributed by atoms with Gasteiger partial charge in [0.05, 0.1) is 11.1 Å². The predicted octanol–water partition coefficient (Wildman–Crippen LogP) is 2.83. The first kappa shape index (κ1) is 14.2. The lowest BCUT2D eigenvalue weighted by Gasteiger charge is -2.15. The van der Waals surface area contributed by atoms with E-state index in [2.05, 4.69) is 22.3 Å². The van der Waals surface area contributed by atoms with E-state index >= 15 is 0 Å². The molecule has 2 aromatic rings. The number of amides is 2. The van der Waals surface area contributed by atoms with Gasteiger partial charge in [-0.1, -0.05) is 36.4 Å². The highest BCUT2D eigenvalue weighted by atomic mass is 16.2. The Labute approximate surface area is 135 Å². The molecule has 0 unspecified atom stereocenters. The Balaban J connectivity index is 1.64. The van der Waals surface area contributed by atoms with Crippen LogP contribution in [-0.2, 0) is 6.54 Å². The fourth-order valence-electron chi connectivity index (χ4n) is 3.45. The first-order valence-electron chi connectivity index (χ1n) is 8.03. The normalized spacial score (nSPS) is 17.4. The molecule has 1 fully saturated rings. The summed E-state index contributed by atoms with van der Waals surface area (Å²) in [5.41, 5.74) is 4.03. The average molecular weight is 306 g/mol. The number of benzene rings is 2. The van der Waals surface area contributed by atoms with Crippen molar-refractivity contribution in [1.29, 1.82) is 0 Å². The van der Waals surface area contributed by atoms with Crippen molar-refractivity contribution in [2.75, 3.05) is 13.1 Å². The zero-order chi connectivity index (χ0) is 15.8. The Morgan fingerprint density at radius 3 is 2.30 bits per heavy atom. The lowest BCUT2D eigenvalue weighted by molar-refractivity contribution is 0.0880. The fraction of sp³-hybridized carbons (Fsp3) is 0.263. The van der Waals surface area contributed by atoms with Gasteiger partial charge in [-0.05, 0) is 48.7 Å². The molecule has 0 bridgehead atoms.